The number of nitrogens with zero attached hydrogens (tertiary/aromatic N) is 1. The third-order valence-electron chi connectivity index (χ3n) is 4.09. The number of amides is 3. The summed E-state index contributed by atoms with van der Waals surface area (Å²) in [4.78, 5) is 27.0. The first-order valence-corrected chi connectivity index (χ1v) is 9.66. The summed E-state index contributed by atoms with van der Waals surface area (Å²) in [6, 6.07) is 17.7. The van der Waals surface area contributed by atoms with Crippen molar-refractivity contribution in [3.63, 3.8) is 0 Å². The second-order valence-electron chi connectivity index (χ2n) is 6.18. The zero-order chi connectivity index (χ0) is 19.7. The fraction of sp³-hybridized carbons (Fsp3) is 0.0476. The number of furan rings is 1. The third-order valence-corrected chi connectivity index (χ3v) is 5.27. The maximum absolute atomic E-state index is 12.6. The molecule has 1 aliphatic rings. The van der Waals surface area contributed by atoms with Gasteiger partial charge in [-0.1, -0.05) is 41.1 Å². The van der Waals surface area contributed by atoms with Crippen LogP contribution in [0.25, 0.3) is 6.08 Å². The van der Waals surface area contributed by atoms with Crippen LogP contribution in [0.5, 0.6) is 0 Å². The van der Waals surface area contributed by atoms with Gasteiger partial charge in [0.25, 0.3) is 5.91 Å². The quantitative estimate of drug-likeness (QED) is 0.456. The number of carbonyl (C=O) groups excluding carboxylic acids is 2. The van der Waals surface area contributed by atoms with Crippen LogP contribution in [-0.2, 0) is 4.79 Å². The van der Waals surface area contributed by atoms with E-state index in [0.717, 1.165) is 9.80 Å². The topological polar surface area (TPSA) is 62.6 Å². The average Bonchev–Trinajstić information content (AvgIpc) is 3.22. The zero-order valence-electron chi connectivity index (χ0n) is 14.8. The fourth-order valence-corrected chi connectivity index (χ4v) is 3.60. The molecule has 3 amide bonds. The van der Waals surface area contributed by atoms with Crippen molar-refractivity contribution in [3.05, 3.63) is 82.7 Å². The van der Waals surface area contributed by atoms with Crippen LogP contribution in [-0.4, -0.2) is 11.9 Å². The van der Waals surface area contributed by atoms with Gasteiger partial charge in [0.1, 0.15) is 11.5 Å². The lowest BCUT2D eigenvalue weighted by molar-refractivity contribution is -0.113. The minimum Gasteiger partial charge on any atom is -0.450 e. The lowest BCUT2D eigenvalue weighted by atomic mass is 10.2. The van der Waals surface area contributed by atoms with Gasteiger partial charge in [0.05, 0.1) is 5.69 Å². The van der Waals surface area contributed by atoms with E-state index in [-0.39, 0.29) is 5.70 Å². The second kappa shape index (κ2) is 7.58. The first kappa shape index (κ1) is 18.4. The highest BCUT2D eigenvalue weighted by Crippen LogP contribution is 2.30. The van der Waals surface area contributed by atoms with Gasteiger partial charge in [-0.05, 0) is 55.5 Å². The van der Waals surface area contributed by atoms with Crippen molar-refractivity contribution in [2.24, 2.45) is 0 Å². The Morgan fingerprint density at radius 2 is 1.71 bits per heavy atom. The molecule has 0 aliphatic carbocycles. The number of urea groups is 1. The van der Waals surface area contributed by atoms with Crippen LogP contribution in [0.4, 0.5) is 10.5 Å². The predicted octanol–water partition coefficient (Wildman–Crippen LogP) is 5.49. The maximum Gasteiger partial charge on any atom is 0.333 e. The van der Waals surface area contributed by atoms with E-state index in [2.05, 4.69) is 5.32 Å². The number of carbonyl (C=O) groups is 2. The van der Waals surface area contributed by atoms with Gasteiger partial charge in [0, 0.05) is 16.0 Å². The van der Waals surface area contributed by atoms with Crippen LogP contribution < -0.4 is 10.2 Å². The minimum absolute atomic E-state index is 0.154. The number of aryl methyl sites for hydroxylation is 1. The Hall–Kier alpha value is -2.96. The number of hydrogen-bond acceptors (Lipinski definition) is 4. The smallest absolute Gasteiger partial charge is 0.333 e. The van der Waals surface area contributed by atoms with Gasteiger partial charge in [-0.2, -0.15) is 0 Å². The summed E-state index contributed by atoms with van der Waals surface area (Å²) in [5, 5.41) is 3.80. The van der Waals surface area contributed by atoms with Crippen molar-refractivity contribution in [1.82, 2.24) is 5.32 Å². The molecule has 1 aliphatic heterocycles. The summed E-state index contributed by atoms with van der Waals surface area (Å²) in [6.45, 7) is 2.03. The summed E-state index contributed by atoms with van der Waals surface area (Å²) < 4.78 is 5.77. The van der Waals surface area contributed by atoms with Gasteiger partial charge < -0.3 is 9.73 Å². The number of nitrogens with one attached hydrogen (secondary N) is 1. The van der Waals surface area contributed by atoms with Crippen LogP contribution >= 0.6 is 23.4 Å². The monoisotopic (exact) mass is 410 g/mol. The summed E-state index contributed by atoms with van der Waals surface area (Å²) in [7, 11) is 0. The van der Waals surface area contributed by atoms with Gasteiger partial charge in [0.15, 0.2) is 5.09 Å². The highest BCUT2D eigenvalue weighted by Gasteiger charge is 2.35. The molecule has 1 aromatic heterocycles. The molecular weight excluding hydrogens is 396 g/mol. The average molecular weight is 411 g/mol. The van der Waals surface area contributed by atoms with Crippen LogP contribution in [0.1, 0.15) is 11.3 Å². The van der Waals surface area contributed by atoms with E-state index in [4.69, 9.17) is 16.0 Å². The SMILES string of the molecule is Cc1ccc(Sc2ccc(/C=C3/NC(=O)N(c4ccc(Cl)cc4)C3=O)o2)cc1. The molecule has 2 aromatic carbocycles. The zero-order valence-corrected chi connectivity index (χ0v) is 16.4. The molecule has 0 bridgehead atoms. The van der Waals surface area contributed by atoms with Crippen LogP contribution in [0.2, 0.25) is 5.02 Å². The predicted molar refractivity (Wildman–Crippen MR) is 109 cm³/mol. The lowest BCUT2D eigenvalue weighted by Crippen LogP contribution is -2.30. The number of rotatable bonds is 4. The summed E-state index contributed by atoms with van der Waals surface area (Å²) in [5.41, 5.74) is 1.79. The van der Waals surface area contributed by atoms with E-state index in [1.807, 2.05) is 37.3 Å². The number of benzene rings is 2. The molecule has 7 heteroatoms. The number of imide groups is 1. The molecule has 5 nitrogen and oxygen atoms in total. The maximum atomic E-state index is 12.6. The van der Waals surface area contributed by atoms with Gasteiger partial charge in [-0.3, -0.25) is 4.79 Å². The Morgan fingerprint density at radius 3 is 2.43 bits per heavy atom. The van der Waals surface area contributed by atoms with Crippen molar-refractivity contribution in [2.75, 3.05) is 4.90 Å². The molecule has 140 valence electrons. The van der Waals surface area contributed by atoms with E-state index in [9.17, 15) is 9.59 Å². The highest BCUT2D eigenvalue weighted by molar-refractivity contribution is 7.99. The largest absolute Gasteiger partial charge is 0.450 e. The molecule has 1 N–H and O–H groups in total. The summed E-state index contributed by atoms with van der Waals surface area (Å²) in [6.07, 6.45) is 1.52. The molecule has 1 saturated heterocycles. The fourth-order valence-electron chi connectivity index (χ4n) is 2.69. The third kappa shape index (κ3) is 3.83. The molecule has 0 atom stereocenters. The van der Waals surface area contributed by atoms with E-state index in [1.54, 1.807) is 30.3 Å². The molecule has 0 unspecified atom stereocenters. The first-order valence-electron chi connectivity index (χ1n) is 8.47. The molecular formula is C21H15ClN2O3S. The van der Waals surface area contributed by atoms with Crippen molar-refractivity contribution >= 4 is 47.1 Å². The van der Waals surface area contributed by atoms with Crippen LogP contribution in [0.3, 0.4) is 0 Å². The Labute approximate surface area is 171 Å². The number of hydrogen-bond donors (Lipinski definition) is 1. The normalized spacial score (nSPS) is 15.4. The van der Waals surface area contributed by atoms with Gasteiger partial charge in [-0.15, -0.1) is 0 Å². The van der Waals surface area contributed by atoms with Crippen molar-refractivity contribution < 1.29 is 14.0 Å². The second-order valence-corrected chi connectivity index (χ2v) is 7.69. The van der Waals surface area contributed by atoms with E-state index < -0.39 is 11.9 Å². The van der Waals surface area contributed by atoms with Crippen LogP contribution in [0, 0.1) is 6.92 Å². The summed E-state index contributed by atoms with van der Waals surface area (Å²) >= 11 is 7.35. The first-order chi connectivity index (χ1) is 13.5. The van der Waals surface area contributed by atoms with E-state index >= 15 is 0 Å². The number of halogens is 1. The number of anilines is 1. The Balaban J connectivity index is 1.52. The molecule has 0 radical (unpaired) electrons. The molecule has 4 rings (SSSR count). The summed E-state index contributed by atoms with van der Waals surface area (Å²) in [5.74, 6) is 0.0349. The van der Waals surface area contributed by atoms with Crippen molar-refractivity contribution in [2.45, 2.75) is 16.9 Å². The Kier molecular flexibility index (Phi) is 4.98. The molecule has 0 saturated carbocycles. The lowest BCUT2D eigenvalue weighted by Gasteiger charge is -2.11. The van der Waals surface area contributed by atoms with Crippen molar-refractivity contribution in [3.8, 4) is 0 Å². The Morgan fingerprint density at radius 1 is 1.00 bits per heavy atom. The van der Waals surface area contributed by atoms with Gasteiger partial charge in [0.2, 0.25) is 0 Å². The molecule has 28 heavy (non-hydrogen) atoms. The molecule has 3 aromatic rings. The molecule has 2 heterocycles. The van der Waals surface area contributed by atoms with Gasteiger partial charge >= 0.3 is 6.03 Å². The molecule has 0 spiro atoms. The highest BCUT2D eigenvalue weighted by atomic mass is 35.5. The molecule has 1 fully saturated rings. The van der Waals surface area contributed by atoms with E-state index in [0.29, 0.717) is 21.6 Å². The van der Waals surface area contributed by atoms with Gasteiger partial charge in [-0.25, -0.2) is 9.69 Å². The standard InChI is InChI=1S/C21H15ClN2O3S/c1-13-2-9-17(10-3-13)28-19-11-8-16(27-19)12-18-20(25)24(21(26)23-18)15-6-4-14(22)5-7-15/h2-12H,1H3,(H,23,26)/b18-12+. The minimum atomic E-state index is -0.514. The van der Waals surface area contributed by atoms with Crippen LogP contribution in [0.15, 0.2) is 80.8 Å². The van der Waals surface area contributed by atoms with E-state index in [1.165, 1.54) is 23.4 Å². The van der Waals surface area contributed by atoms with Crippen molar-refractivity contribution in [1.29, 1.82) is 0 Å². The Bertz CT molecular complexity index is 1070.